The predicted octanol–water partition coefficient (Wildman–Crippen LogP) is 1.22. The highest BCUT2D eigenvalue weighted by atomic mass is 16.4. The number of carboxylic acids is 1. The minimum atomic E-state index is -1.37. The van der Waals surface area contributed by atoms with Crippen LogP contribution in [0.25, 0.3) is 10.9 Å². The Kier molecular flexibility index (Phi) is 3.25. The maximum Gasteiger partial charge on any atom is 0.332 e. The van der Waals surface area contributed by atoms with E-state index in [4.69, 9.17) is 5.11 Å². The van der Waals surface area contributed by atoms with Gasteiger partial charge in [-0.1, -0.05) is 0 Å². The number of H-pyrrole nitrogens is 1. The van der Waals surface area contributed by atoms with Crippen molar-refractivity contribution in [2.75, 3.05) is 19.0 Å². The molecular weight excluding hydrogens is 232 g/mol. The van der Waals surface area contributed by atoms with E-state index in [0.717, 1.165) is 22.2 Å². The molecule has 0 aliphatic heterocycles. The largest absolute Gasteiger partial charge is 0.479 e. The Balaban J connectivity index is 2.39. The molecule has 1 aromatic carbocycles. The number of aliphatic hydroxyl groups is 1. The van der Waals surface area contributed by atoms with Crippen molar-refractivity contribution in [1.82, 2.24) is 4.98 Å². The first-order valence-corrected chi connectivity index (χ1v) is 5.67. The van der Waals surface area contributed by atoms with Gasteiger partial charge in [0.15, 0.2) is 6.10 Å². The molecule has 0 spiro atoms. The molecule has 0 aliphatic rings. The monoisotopic (exact) mass is 248 g/mol. The summed E-state index contributed by atoms with van der Waals surface area (Å²) in [7, 11) is 3.89. The van der Waals surface area contributed by atoms with Crippen molar-refractivity contribution in [2.24, 2.45) is 0 Å². The third-order valence-electron chi connectivity index (χ3n) is 2.97. The molecule has 0 unspecified atom stereocenters. The van der Waals surface area contributed by atoms with Gasteiger partial charge in [0.1, 0.15) is 0 Å². The number of aliphatic hydroxyl groups excluding tert-OH is 1. The lowest BCUT2D eigenvalue weighted by Gasteiger charge is -2.12. The van der Waals surface area contributed by atoms with Crippen molar-refractivity contribution in [1.29, 1.82) is 0 Å². The minimum absolute atomic E-state index is 0.103. The van der Waals surface area contributed by atoms with E-state index < -0.39 is 12.1 Å². The second-order valence-electron chi connectivity index (χ2n) is 4.50. The number of aromatic amines is 1. The van der Waals surface area contributed by atoms with Crippen LogP contribution >= 0.6 is 0 Å². The number of carbonyl (C=O) groups is 1. The molecule has 3 N–H and O–H groups in total. The number of fused-ring (bicyclic) bond motifs is 1. The van der Waals surface area contributed by atoms with Gasteiger partial charge in [0, 0.05) is 43.3 Å². The van der Waals surface area contributed by atoms with Crippen LogP contribution in [0.5, 0.6) is 0 Å². The van der Waals surface area contributed by atoms with Gasteiger partial charge in [0.05, 0.1) is 0 Å². The van der Waals surface area contributed by atoms with Gasteiger partial charge < -0.3 is 20.1 Å². The zero-order chi connectivity index (χ0) is 13.3. The van der Waals surface area contributed by atoms with E-state index in [0.29, 0.717) is 0 Å². The first-order chi connectivity index (χ1) is 8.49. The van der Waals surface area contributed by atoms with Gasteiger partial charge in [0.25, 0.3) is 0 Å². The molecule has 18 heavy (non-hydrogen) atoms. The van der Waals surface area contributed by atoms with E-state index in [1.54, 1.807) is 6.20 Å². The first kappa shape index (κ1) is 12.4. The molecule has 0 aliphatic carbocycles. The van der Waals surface area contributed by atoms with Crippen molar-refractivity contribution in [3.05, 3.63) is 30.0 Å². The zero-order valence-corrected chi connectivity index (χ0v) is 10.3. The summed E-state index contributed by atoms with van der Waals surface area (Å²) in [5.74, 6) is -1.20. The molecule has 0 amide bonds. The molecule has 2 rings (SSSR count). The van der Waals surface area contributed by atoms with Crippen LogP contribution in [0.15, 0.2) is 24.4 Å². The summed E-state index contributed by atoms with van der Waals surface area (Å²) in [6, 6.07) is 5.91. The quantitative estimate of drug-likeness (QED) is 0.760. The van der Waals surface area contributed by atoms with Crippen LogP contribution in [-0.4, -0.2) is 41.4 Å². The Morgan fingerprint density at radius 2 is 2.17 bits per heavy atom. The van der Waals surface area contributed by atoms with Crippen molar-refractivity contribution in [2.45, 2.75) is 12.5 Å². The van der Waals surface area contributed by atoms with Crippen molar-refractivity contribution in [3.63, 3.8) is 0 Å². The summed E-state index contributed by atoms with van der Waals surface area (Å²) in [5, 5.41) is 19.1. The Hall–Kier alpha value is -2.01. The number of benzene rings is 1. The fourth-order valence-corrected chi connectivity index (χ4v) is 1.91. The highest BCUT2D eigenvalue weighted by Crippen LogP contribution is 2.24. The minimum Gasteiger partial charge on any atom is -0.479 e. The van der Waals surface area contributed by atoms with E-state index in [1.807, 2.05) is 37.2 Å². The molecule has 1 heterocycles. The lowest BCUT2D eigenvalue weighted by molar-refractivity contribution is -0.146. The fraction of sp³-hybridized carbons (Fsp3) is 0.308. The van der Waals surface area contributed by atoms with Crippen molar-refractivity contribution < 1.29 is 15.0 Å². The second kappa shape index (κ2) is 4.70. The molecule has 0 bridgehead atoms. The summed E-state index contributed by atoms with van der Waals surface area (Å²) in [6.07, 6.45) is 0.481. The Bertz CT molecular complexity index is 575. The Labute approximate surface area is 105 Å². The van der Waals surface area contributed by atoms with Crippen molar-refractivity contribution >= 4 is 22.6 Å². The highest BCUT2D eigenvalue weighted by molar-refractivity contribution is 5.87. The Morgan fingerprint density at radius 3 is 2.78 bits per heavy atom. The topological polar surface area (TPSA) is 76.6 Å². The van der Waals surface area contributed by atoms with Crippen LogP contribution in [0.1, 0.15) is 5.56 Å². The third-order valence-corrected chi connectivity index (χ3v) is 2.97. The zero-order valence-electron chi connectivity index (χ0n) is 10.3. The number of nitrogens with one attached hydrogen (secondary N) is 1. The summed E-state index contributed by atoms with van der Waals surface area (Å²) in [5.41, 5.74) is 2.78. The molecule has 5 heteroatoms. The number of carboxylic acid groups (broad SMARTS) is 1. The second-order valence-corrected chi connectivity index (χ2v) is 4.50. The van der Waals surface area contributed by atoms with Crippen LogP contribution in [0, 0.1) is 0 Å². The molecule has 2 aromatic rings. The standard InChI is InChI=1S/C13H16N2O3/c1-15(2)9-3-4-11-10(6-9)8(7-14-11)5-12(16)13(17)18/h3-4,6-7,12,14,16H,5H2,1-2H3,(H,17,18)/t12-/m0/s1. The molecule has 0 saturated heterocycles. The van der Waals surface area contributed by atoms with Gasteiger partial charge in [-0.3, -0.25) is 0 Å². The maximum atomic E-state index is 10.7. The van der Waals surface area contributed by atoms with E-state index in [-0.39, 0.29) is 6.42 Å². The van der Waals surface area contributed by atoms with E-state index in [9.17, 15) is 9.90 Å². The molecule has 0 fully saturated rings. The average molecular weight is 248 g/mol. The summed E-state index contributed by atoms with van der Waals surface area (Å²) in [6.45, 7) is 0. The van der Waals surface area contributed by atoms with Gasteiger partial charge in [0.2, 0.25) is 0 Å². The van der Waals surface area contributed by atoms with E-state index in [1.165, 1.54) is 0 Å². The normalized spacial score (nSPS) is 12.6. The third kappa shape index (κ3) is 2.31. The number of hydrogen-bond acceptors (Lipinski definition) is 3. The van der Waals surface area contributed by atoms with Gasteiger partial charge >= 0.3 is 5.97 Å². The number of anilines is 1. The van der Waals surface area contributed by atoms with Crippen LogP contribution in [0.2, 0.25) is 0 Å². The van der Waals surface area contributed by atoms with Crippen LogP contribution < -0.4 is 4.90 Å². The molecule has 0 saturated carbocycles. The number of aliphatic carboxylic acids is 1. The number of aromatic nitrogens is 1. The Morgan fingerprint density at radius 1 is 1.44 bits per heavy atom. The lowest BCUT2D eigenvalue weighted by atomic mass is 10.1. The number of nitrogens with zero attached hydrogens (tertiary/aromatic N) is 1. The summed E-state index contributed by atoms with van der Waals surface area (Å²) < 4.78 is 0. The molecular formula is C13H16N2O3. The molecule has 0 radical (unpaired) electrons. The molecule has 1 atom stereocenters. The predicted molar refractivity (Wildman–Crippen MR) is 70.0 cm³/mol. The SMILES string of the molecule is CN(C)c1ccc2[nH]cc(C[C@H](O)C(=O)O)c2c1. The van der Waals surface area contributed by atoms with Crippen LogP contribution in [0.4, 0.5) is 5.69 Å². The van der Waals surface area contributed by atoms with E-state index in [2.05, 4.69) is 4.98 Å². The highest BCUT2D eigenvalue weighted by Gasteiger charge is 2.16. The van der Waals surface area contributed by atoms with Gasteiger partial charge in [-0.05, 0) is 23.8 Å². The van der Waals surface area contributed by atoms with Crippen LogP contribution in [0.3, 0.4) is 0 Å². The molecule has 5 nitrogen and oxygen atoms in total. The van der Waals surface area contributed by atoms with E-state index >= 15 is 0 Å². The molecule has 96 valence electrons. The van der Waals surface area contributed by atoms with Crippen LogP contribution in [-0.2, 0) is 11.2 Å². The van der Waals surface area contributed by atoms with Crippen molar-refractivity contribution in [3.8, 4) is 0 Å². The summed E-state index contributed by atoms with van der Waals surface area (Å²) in [4.78, 5) is 15.7. The average Bonchev–Trinajstić information content (AvgIpc) is 2.71. The lowest BCUT2D eigenvalue weighted by Crippen LogP contribution is -2.21. The van der Waals surface area contributed by atoms with Gasteiger partial charge in [-0.25, -0.2) is 4.79 Å². The fourth-order valence-electron chi connectivity index (χ4n) is 1.91. The maximum absolute atomic E-state index is 10.7. The summed E-state index contributed by atoms with van der Waals surface area (Å²) >= 11 is 0. The number of rotatable bonds is 4. The van der Waals surface area contributed by atoms with Gasteiger partial charge in [-0.15, -0.1) is 0 Å². The smallest absolute Gasteiger partial charge is 0.332 e. The van der Waals surface area contributed by atoms with Gasteiger partial charge in [-0.2, -0.15) is 0 Å². The first-order valence-electron chi connectivity index (χ1n) is 5.67. The molecule has 1 aromatic heterocycles. The number of hydrogen-bond donors (Lipinski definition) is 3.